The first-order valence-electron chi connectivity index (χ1n) is 9.76. The van der Waals surface area contributed by atoms with E-state index in [1.807, 2.05) is 36.4 Å². The highest BCUT2D eigenvalue weighted by Crippen LogP contribution is 2.32. The summed E-state index contributed by atoms with van der Waals surface area (Å²) in [6, 6.07) is 15.1. The summed E-state index contributed by atoms with van der Waals surface area (Å²) in [6.07, 6.45) is 1.25. The lowest BCUT2D eigenvalue weighted by Gasteiger charge is -2.16. The summed E-state index contributed by atoms with van der Waals surface area (Å²) in [5, 5.41) is 15.0. The molecule has 1 aromatic heterocycles. The number of nitrogens with zero attached hydrogens (tertiary/aromatic N) is 2. The van der Waals surface area contributed by atoms with E-state index in [0.717, 1.165) is 11.3 Å². The average Bonchev–Trinajstić information content (AvgIpc) is 2.74. The molecular weight excluding hydrogens is 398 g/mol. The smallest absolute Gasteiger partial charge is 0.162 e. The molecule has 0 saturated carbocycles. The van der Waals surface area contributed by atoms with Gasteiger partial charge in [0.1, 0.15) is 17.1 Å². The van der Waals surface area contributed by atoms with Crippen molar-refractivity contribution in [1.29, 1.82) is 5.41 Å². The lowest BCUT2D eigenvalue weighted by atomic mass is 10.1. The zero-order chi connectivity index (χ0) is 22.1. The molecule has 3 rings (SSSR count). The minimum Gasteiger partial charge on any atom is -0.495 e. The summed E-state index contributed by atoms with van der Waals surface area (Å²) in [6.45, 7) is 5.95. The number of methoxy groups -OCH3 is 1. The number of halogens is 1. The molecule has 0 radical (unpaired) electrons. The van der Waals surface area contributed by atoms with Gasteiger partial charge in [0.25, 0.3) is 0 Å². The summed E-state index contributed by atoms with van der Waals surface area (Å²) in [7, 11) is 3.35. The summed E-state index contributed by atoms with van der Waals surface area (Å²) in [4.78, 5) is 9.24. The molecule has 0 saturated heterocycles. The Balaban J connectivity index is 0.00000101. The van der Waals surface area contributed by atoms with Crippen molar-refractivity contribution >= 4 is 34.5 Å². The van der Waals surface area contributed by atoms with E-state index in [2.05, 4.69) is 34.4 Å². The number of ether oxygens (including phenoxy) is 1. The van der Waals surface area contributed by atoms with Crippen molar-refractivity contribution < 1.29 is 4.74 Å². The highest BCUT2D eigenvalue weighted by molar-refractivity contribution is 6.32. The van der Waals surface area contributed by atoms with Gasteiger partial charge in [-0.2, -0.15) is 0 Å². The highest BCUT2D eigenvalue weighted by atomic mass is 35.5. The fraction of sp³-hybridized carbons (Fsp3) is 0.261. The van der Waals surface area contributed by atoms with Crippen LogP contribution in [0.2, 0.25) is 5.02 Å². The minimum atomic E-state index is 0.342. The van der Waals surface area contributed by atoms with Crippen LogP contribution in [0.4, 0.5) is 17.2 Å². The van der Waals surface area contributed by atoms with Crippen LogP contribution in [0.3, 0.4) is 0 Å². The molecule has 3 aromatic rings. The molecule has 6 nitrogen and oxygen atoms in total. The Morgan fingerprint density at radius 3 is 2.30 bits per heavy atom. The Kier molecular flexibility index (Phi) is 8.62. The fourth-order valence-corrected chi connectivity index (χ4v) is 2.91. The van der Waals surface area contributed by atoms with Crippen LogP contribution in [0.1, 0.15) is 32.9 Å². The Morgan fingerprint density at radius 2 is 1.77 bits per heavy atom. The molecule has 0 unspecified atom stereocenters. The topological polar surface area (TPSA) is 82.9 Å². The first-order chi connectivity index (χ1) is 14.4. The van der Waals surface area contributed by atoms with Crippen molar-refractivity contribution in [3.8, 4) is 17.1 Å². The number of hydrogen-bond acceptors (Lipinski definition) is 6. The van der Waals surface area contributed by atoms with Gasteiger partial charge in [0, 0.05) is 18.3 Å². The maximum atomic E-state index is 8.11. The third kappa shape index (κ3) is 5.70. The molecule has 0 spiro atoms. The molecule has 7 heteroatoms. The van der Waals surface area contributed by atoms with Gasteiger partial charge in [-0.25, -0.2) is 9.97 Å². The number of rotatable bonds is 6. The van der Waals surface area contributed by atoms with Gasteiger partial charge in [-0.3, -0.25) is 0 Å². The monoisotopic (exact) mass is 425 g/mol. The number of nitrogens with one attached hydrogen (secondary N) is 3. The quantitative estimate of drug-likeness (QED) is 0.398. The predicted molar refractivity (Wildman–Crippen MR) is 127 cm³/mol. The summed E-state index contributed by atoms with van der Waals surface area (Å²) in [5.74, 6) is 1.70. The Hall–Kier alpha value is -3.12. The normalized spacial score (nSPS) is 9.93. The molecule has 3 N–H and O–H groups in total. The molecule has 2 aromatic carbocycles. The lowest BCUT2D eigenvalue weighted by Crippen LogP contribution is -2.10. The van der Waals surface area contributed by atoms with Crippen molar-refractivity contribution in [3.05, 3.63) is 59.2 Å². The Labute approximate surface area is 183 Å². The van der Waals surface area contributed by atoms with Crippen LogP contribution >= 0.6 is 11.6 Å². The van der Waals surface area contributed by atoms with Crippen LogP contribution in [-0.4, -0.2) is 29.8 Å². The van der Waals surface area contributed by atoms with Gasteiger partial charge >= 0.3 is 0 Å². The molecule has 0 aliphatic rings. The predicted octanol–water partition coefficient (Wildman–Crippen LogP) is 6.39. The van der Waals surface area contributed by atoms with Crippen LogP contribution in [-0.2, 0) is 0 Å². The molecule has 158 valence electrons. The summed E-state index contributed by atoms with van der Waals surface area (Å²) in [5.41, 5.74) is 3.15. The van der Waals surface area contributed by atoms with Crippen LogP contribution in [0.5, 0.6) is 5.75 Å². The van der Waals surface area contributed by atoms with Crippen molar-refractivity contribution in [2.45, 2.75) is 27.2 Å². The van der Waals surface area contributed by atoms with Crippen LogP contribution in [0.15, 0.2) is 48.5 Å². The van der Waals surface area contributed by atoms with Gasteiger partial charge < -0.3 is 20.8 Å². The van der Waals surface area contributed by atoms with Gasteiger partial charge in [0.2, 0.25) is 0 Å². The lowest BCUT2D eigenvalue weighted by molar-refractivity contribution is 0.415. The van der Waals surface area contributed by atoms with Gasteiger partial charge in [0.15, 0.2) is 11.6 Å². The Bertz CT molecular complexity index is 992. The number of hydrogen-bond donors (Lipinski definition) is 3. The van der Waals surface area contributed by atoms with Crippen molar-refractivity contribution in [3.63, 3.8) is 0 Å². The second-order valence-corrected chi connectivity index (χ2v) is 6.95. The van der Waals surface area contributed by atoms with Crippen molar-refractivity contribution in [2.24, 2.45) is 0 Å². The SMILES string of the molecule is CCC.CNc1c(Nc2ccc(OC)c(Cl)c2)nc(-c2ccccc2)nc1C(C)=N. The van der Waals surface area contributed by atoms with Crippen LogP contribution < -0.4 is 15.4 Å². The third-order valence-electron chi connectivity index (χ3n) is 3.96. The van der Waals surface area contributed by atoms with Crippen molar-refractivity contribution in [1.82, 2.24) is 9.97 Å². The van der Waals surface area contributed by atoms with E-state index >= 15 is 0 Å². The molecule has 0 bridgehead atoms. The van der Waals surface area contributed by atoms with E-state index in [4.69, 9.17) is 21.7 Å². The number of benzene rings is 2. The first kappa shape index (κ1) is 23.2. The highest BCUT2D eigenvalue weighted by Gasteiger charge is 2.16. The largest absolute Gasteiger partial charge is 0.495 e. The first-order valence-corrected chi connectivity index (χ1v) is 10.1. The standard InChI is InChI=1S/C20H20ClN5O.C3H8/c1-12(22)17-18(23-2)20(24-14-9-10-16(27-3)15(21)11-14)26-19(25-17)13-7-5-4-6-8-13;1-3-2/h4-11,22-23H,1-3H3,(H,24,25,26);3H2,1-2H3. The minimum absolute atomic E-state index is 0.342. The molecule has 0 aliphatic heterocycles. The molecule has 0 fully saturated rings. The van der Waals surface area contributed by atoms with E-state index in [9.17, 15) is 0 Å². The fourth-order valence-electron chi connectivity index (χ4n) is 2.66. The molecule has 1 heterocycles. The van der Waals surface area contributed by atoms with E-state index in [1.165, 1.54) is 6.42 Å². The van der Waals surface area contributed by atoms with Gasteiger partial charge in [-0.05, 0) is 25.1 Å². The van der Waals surface area contributed by atoms with Crippen LogP contribution in [0, 0.1) is 5.41 Å². The summed E-state index contributed by atoms with van der Waals surface area (Å²) >= 11 is 6.23. The number of aromatic nitrogens is 2. The number of anilines is 3. The zero-order valence-electron chi connectivity index (χ0n) is 18.0. The van der Waals surface area contributed by atoms with E-state index in [0.29, 0.717) is 39.5 Å². The van der Waals surface area contributed by atoms with Crippen LogP contribution in [0.25, 0.3) is 11.4 Å². The van der Waals surface area contributed by atoms with E-state index in [-0.39, 0.29) is 0 Å². The molecule has 30 heavy (non-hydrogen) atoms. The van der Waals surface area contributed by atoms with E-state index in [1.54, 1.807) is 33.2 Å². The maximum Gasteiger partial charge on any atom is 0.162 e. The zero-order valence-corrected chi connectivity index (χ0v) is 18.8. The second-order valence-electron chi connectivity index (χ2n) is 6.54. The molecule has 0 amide bonds. The molecule has 0 atom stereocenters. The van der Waals surface area contributed by atoms with E-state index < -0.39 is 0 Å². The van der Waals surface area contributed by atoms with Crippen molar-refractivity contribution in [2.75, 3.05) is 24.8 Å². The second kappa shape index (κ2) is 11.2. The molecular formula is C23H28ClN5O. The third-order valence-corrected chi connectivity index (χ3v) is 4.26. The Morgan fingerprint density at radius 1 is 1.10 bits per heavy atom. The van der Waals surface area contributed by atoms with Gasteiger partial charge in [0.05, 0.1) is 17.8 Å². The van der Waals surface area contributed by atoms with Gasteiger partial charge in [-0.15, -0.1) is 0 Å². The van der Waals surface area contributed by atoms with Gasteiger partial charge in [-0.1, -0.05) is 62.2 Å². The average molecular weight is 426 g/mol. The molecule has 0 aliphatic carbocycles. The maximum absolute atomic E-state index is 8.11. The summed E-state index contributed by atoms with van der Waals surface area (Å²) < 4.78 is 5.20.